The molecular weight excluding hydrogens is 252 g/mol. The Kier molecular flexibility index (Phi) is 4.21. The van der Waals surface area contributed by atoms with E-state index in [1.54, 1.807) is 7.11 Å². The molecule has 1 fully saturated rings. The fourth-order valence-corrected chi connectivity index (χ4v) is 2.90. The summed E-state index contributed by atoms with van der Waals surface area (Å²) in [7, 11) is 1.70. The number of piperidine rings is 1. The van der Waals surface area contributed by atoms with E-state index in [2.05, 4.69) is 17.4 Å². The van der Waals surface area contributed by atoms with Crippen LogP contribution in [-0.4, -0.2) is 38.7 Å². The fourth-order valence-electron chi connectivity index (χ4n) is 2.90. The highest BCUT2D eigenvalue weighted by Gasteiger charge is 2.27. The summed E-state index contributed by atoms with van der Waals surface area (Å²) in [6.45, 7) is 2.84. The number of hydrogen-bond donors (Lipinski definition) is 1. The number of nitrogens with zero attached hydrogens (tertiary/aromatic N) is 1. The lowest BCUT2D eigenvalue weighted by molar-refractivity contribution is 0.285. The van der Waals surface area contributed by atoms with Crippen LogP contribution in [0.1, 0.15) is 18.4 Å². The molecule has 0 spiro atoms. The van der Waals surface area contributed by atoms with Gasteiger partial charge in [-0.2, -0.15) is 0 Å². The van der Waals surface area contributed by atoms with Crippen LogP contribution in [0.5, 0.6) is 5.75 Å². The van der Waals surface area contributed by atoms with Crippen molar-refractivity contribution in [1.29, 1.82) is 0 Å². The molecule has 108 valence electrons. The number of aliphatic imine (C=N–C) groups is 1. The molecular formula is C16H22N2O2. The molecule has 2 unspecified atom stereocenters. The number of methoxy groups -OCH3 is 1. The zero-order chi connectivity index (χ0) is 13.8. The molecule has 1 N–H and O–H groups in total. The Morgan fingerprint density at radius 3 is 3.20 bits per heavy atom. The molecule has 20 heavy (non-hydrogen) atoms. The molecule has 3 rings (SSSR count). The summed E-state index contributed by atoms with van der Waals surface area (Å²) < 4.78 is 11.1. The lowest BCUT2D eigenvalue weighted by Crippen LogP contribution is -2.34. The fraction of sp³-hybridized carbons (Fsp3) is 0.562. The van der Waals surface area contributed by atoms with Gasteiger partial charge in [-0.1, -0.05) is 12.1 Å². The van der Waals surface area contributed by atoms with E-state index in [4.69, 9.17) is 14.5 Å². The molecule has 4 heteroatoms. The van der Waals surface area contributed by atoms with Gasteiger partial charge in [0.25, 0.3) is 0 Å². The van der Waals surface area contributed by atoms with Crippen LogP contribution in [0.3, 0.4) is 0 Å². The van der Waals surface area contributed by atoms with Crippen LogP contribution in [0.25, 0.3) is 0 Å². The molecule has 2 aliphatic rings. The van der Waals surface area contributed by atoms with E-state index in [-0.39, 0.29) is 6.04 Å². The molecule has 0 radical (unpaired) electrons. The average molecular weight is 274 g/mol. The number of hydrogen-bond acceptors (Lipinski definition) is 4. The molecule has 1 aromatic carbocycles. The van der Waals surface area contributed by atoms with Crippen LogP contribution < -0.4 is 10.1 Å². The van der Waals surface area contributed by atoms with Crippen molar-refractivity contribution >= 4 is 5.90 Å². The maximum Gasteiger partial charge on any atom is 0.188 e. The summed E-state index contributed by atoms with van der Waals surface area (Å²) in [5.41, 5.74) is 1.25. The number of ether oxygens (including phenoxy) is 2. The highest BCUT2D eigenvalue weighted by molar-refractivity contribution is 5.80. The average Bonchev–Trinajstić information content (AvgIpc) is 2.97. The van der Waals surface area contributed by atoms with Gasteiger partial charge in [0, 0.05) is 12.5 Å². The number of nitrogens with one attached hydrogen (secondary N) is 1. The van der Waals surface area contributed by atoms with Crippen LogP contribution in [-0.2, 0) is 11.2 Å². The van der Waals surface area contributed by atoms with Gasteiger partial charge in [0.15, 0.2) is 5.90 Å². The summed E-state index contributed by atoms with van der Waals surface area (Å²) in [4.78, 5) is 4.78. The molecule has 0 amide bonds. The van der Waals surface area contributed by atoms with E-state index in [1.165, 1.54) is 18.4 Å². The van der Waals surface area contributed by atoms with Gasteiger partial charge in [-0.05, 0) is 43.5 Å². The van der Waals surface area contributed by atoms with Gasteiger partial charge < -0.3 is 14.8 Å². The topological polar surface area (TPSA) is 42.9 Å². The van der Waals surface area contributed by atoms with Crippen LogP contribution >= 0.6 is 0 Å². The molecule has 0 saturated carbocycles. The number of rotatable bonds is 4. The molecule has 2 atom stereocenters. The Labute approximate surface area is 120 Å². The Morgan fingerprint density at radius 2 is 2.40 bits per heavy atom. The van der Waals surface area contributed by atoms with Crippen molar-refractivity contribution in [2.75, 3.05) is 26.8 Å². The molecule has 0 aliphatic carbocycles. The second-order valence-electron chi connectivity index (χ2n) is 5.53. The standard InChI is InChI=1S/C16H22N2O2/c1-19-15-6-2-4-12(9-15)8-14-11-20-16(18-14)13-5-3-7-17-10-13/h2,4,6,9,13-14,17H,3,5,7-8,10-11H2,1H3. The van der Waals surface area contributed by atoms with E-state index in [0.29, 0.717) is 12.5 Å². The minimum Gasteiger partial charge on any atom is -0.497 e. The molecule has 0 aromatic heterocycles. The number of benzene rings is 1. The monoisotopic (exact) mass is 274 g/mol. The molecule has 1 aromatic rings. The van der Waals surface area contributed by atoms with Gasteiger partial charge in [-0.3, -0.25) is 0 Å². The maximum absolute atomic E-state index is 5.81. The van der Waals surface area contributed by atoms with E-state index in [9.17, 15) is 0 Å². The zero-order valence-electron chi connectivity index (χ0n) is 12.0. The highest BCUT2D eigenvalue weighted by atomic mass is 16.5. The first-order valence-corrected chi connectivity index (χ1v) is 7.39. The molecule has 1 saturated heterocycles. The Morgan fingerprint density at radius 1 is 1.45 bits per heavy atom. The minimum absolute atomic E-state index is 0.249. The first-order valence-electron chi connectivity index (χ1n) is 7.39. The largest absolute Gasteiger partial charge is 0.497 e. The predicted octanol–water partition coefficient (Wildman–Crippen LogP) is 2.03. The third kappa shape index (κ3) is 3.12. The zero-order valence-corrected chi connectivity index (χ0v) is 12.0. The van der Waals surface area contributed by atoms with Gasteiger partial charge in [0.2, 0.25) is 0 Å². The van der Waals surface area contributed by atoms with Gasteiger partial charge in [0.05, 0.1) is 13.2 Å². The van der Waals surface area contributed by atoms with E-state index >= 15 is 0 Å². The lowest BCUT2D eigenvalue weighted by atomic mass is 9.99. The molecule has 2 aliphatic heterocycles. The van der Waals surface area contributed by atoms with Crippen molar-refractivity contribution in [2.24, 2.45) is 10.9 Å². The second kappa shape index (κ2) is 6.27. The normalized spacial score (nSPS) is 25.9. The third-order valence-electron chi connectivity index (χ3n) is 3.99. The van der Waals surface area contributed by atoms with Crippen molar-refractivity contribution in [2.45, 2.75) is 25.3 Å². The Hall–Kier alpha value is -1.55. The van der Waals surface area contributed by atoms with E-state index in [0.717, 1.165) is 31.2 Å². The Balaban J connectivity index is 1.62. The summed E-state index contributed by atoms with van der Waals surface area (Å²) >= 11 is 0. The van der Waals surface area contributed by atoms with E-state index < -0.39 is 0 Å². The summed E-state index contributed by atoms with van der Waals surface area (Å²) in [6, 6.07) is 8.45. The van der Waals surface area contributed by atoms with Gasteiger partial charge in [-0.25, -0.2) is 4.99 Å². The third-order valence-corrected chi connectivity index (χ3v) is 3.99. The van der Waals surface area contributed by atoms with Crippen LogP contribution in [0.4, 0.5) is 0 Å². The van der Waals surface area contributed by atoms with E-state index in [1.807, 2.05) is 12.1 Å². The molecule has 2 heterocycles. The summed E-state index contributed by atoms with van der Waals surface area (Å²) in [6.07, 6.45) is 3.33. The second-order valence-corrected chi connectivity index (χ2v) is 5.53. The first kappa shape index (κ1) is 13.4. The van der Waals surface area contributed by atoms with Crippen molar-refractivity contribution in [3.8, 4) is 5.75 Å². The van der Waals surface area contributed by atoms with Crippen molar-refractivity contribution < 1.29 is 9.47 Å². The van der Waals surface area contributed by atoms with Gasteiger partial charge in [0.1, 0.15) is 12.4 Å². The van der Waals surface area contributed by atoms with Gasteiger partial charge >= 0.3 is 0 Å². The van der Waals surface area contributed by atoms with Crippen molar-refractivity contribution in [3.63, 3.8) is 0 Å². The van der Waals surface area contributed by atoms with Gasteiger partial charge in [-0.15, -0.1) is 0 Å². The predicted molar refractivity (Wildman–Crippen MR) is 79.5 cm³/mol. The quantitative estimate of drug-likeness (QED) is 0.913. The van der Waals surface area contributed by atoms with Crippen LogP contribution in [0.15, 0.2) is 29.3 Å². The minimum atomic E-state index is 0.249. The first-order chi connectivity index (χ1) is 9.85. The Bertz CT molecular complexity index is 481. The van der Waals surface area contributed by atoms with Crippen LogP contribution in [0, 0.1) is 5.92 Å². The molecule has 4 nitrogen and oxygen atoms in total. The lowest BCUT2D eigenvalue weighted by Gasteiger charge is -2.21. The summed E-state index contributed by atoms with van der Waals surface area (Å²) in [5.74, 6) is 2.34. The highest BCUT2D eigenvalue weighted by Crippen LogP contribution is 2.21. The molecule has 0 bridgehead atoms. The smallest absolute Gasteiger partial charge is 0.188 e. The SMILES string of the molecule is COc1cccc(CC2COC(C3CCCNC3)=N2)c1. The maximum atomic E-state index is 5.81. The summed E-state index contributed by atoms with van der Waals surface area (Å²) in [5, 5.41) is 3.41. The van der Waals surface area contributed by atoms with Crippen molar-refractivity contribution in [1.82, 2.24) is 5.32 Å². The van der Waals surface area contributed by atoms with Crippen LogP contribution in [0.2, 0.25) is 0 Å². The van der Waals surface area contributed by atoms with Crippen molar-refractivity contribution in [3.05, 3.63) is 29.8 Å².